The zero-order valence-corrected chi connectivity index (χ0v) is 27.1. The van der Waals surface area contributed by atoms with Crippen molar-refractivity contribution in [1.29, 1.82) is 0 Å². The van der Waals surface area contributed by atoms with Crippen molar-refractivity contribution in [3.63, 3.8) is 0 Å². The van der Waals surface area contributed by atoms with Crippen LogP contribution in [0.25, 0.3) is 100 Å². The first-order valence-electron chi connectivity index (χ1n) is 16.7. The lowest BCUT2D eigenvalue weighted by Crippen LogP contribution is -2.00. The minimum Gasteiger partial charge on any atom is -0.452 e. The first-order chi connectivity index (χ1) is 25.3. The SMILES string of the molecule is c1ccc(-c2nc(-c3ccccc3)nc(-c3cc(-c4cccc5c(-c6ncnc7c6oc6ccccc67)nccc45)c4ccccc4c3)n2)cc1. The highest BCUT2D eigenvalue weighted by Gasteiger charge is 2.20. The molecule has 4 aromatic heterocycles. The van der Waals surface area contributed by atoms with Gasteiger partial charge in [-0.25, -0.2) is 24.9 Å². The molecule has 7 nitrogen and oxygen atoms in total. The van der Waals surface area contributed by atoms with E-state index in [0.29, 0.717) is 28.8 Å². The molecule has 238 valence electrons. The Morgan fingerprint density at radius 1 is 0.412 bits per heavy atom. The third kappa shape index (κ3) is 4.90. The molecule has 51 heavy (non-hydrogen) atoms. The van der Waals surface area contributed by atoms with Crippen molar-refractivity contribution >= 4 is 43.6 Å². The molecule has 0 aliphatic rings. The number of nitrogens with zero attached hydrogens (tertiary/aromatic N) is 6. The number of para-hydroxylation sites is 1. The summed E-state index contributed by atoms with van der Waals surface area (Å²) in [5, 5.41) is 5.15. The Hall–Kier alpha value is -7.12. The highest BCUT2D eigenvalue weighted by molar-refractivity contribution is 6.12. The quantitative estimate of drug-likeness (QED) is 0.182. The van der Waals surface area contributed by atoms with Crippen LogP contribution in [0.5, 0.6) is 0 Å². The number of hydrogen-bond acceptors (Lipinski definition) is 7. The molecule has 0 atom stereocenters. The van der Waals surface area contributed by atoms with Crippen LogP contribution in [-0.2, 0) is 0 Å². The van der Waals surface area contributed by atoms with Gasteiger partial charge in [-0.05, 0) is 57.6 Å². The molecule has 0 radical (unpaired) electrons. The van der Waals surface area contributed by atoms with Crippen LogP contribution in [0.1, 0.15) is 0 Å². The van der Waals surface area contributed by atoms with E-state index in [1.807, 2.05) is 91.1 Å². The second-order valence-electron chi connectivity index (χ2n) is 12.3. The van der Waals surface area contributed by atoms with E-state index in [2.05, 4.69) is 65.6 Å². The van der Waals surface area contributed by atoms with E-state index >= 15 is 0 Å². The van der Waals surface area contributed by atoms with Crippen LogP contribution in [0.2, 0.25) is 0 Å². The topological polar surface area (TPSA) is 90.5 Å². The van der Waals surface area contributed by atoms with Crippen molar-refractivity contribution in [3.8, 4) is 56.7 Å². The van der Waals surface area contributed by atoms with E-state index in [4.69, 9.17) is 29.3 Å². The summed E-state index contributed by atoms with van der Waals surface area (Å²) in [7, 11) is 0. The lowest BCUT2D eigenvalue weighted by atomic mass is 9.91. The fourth-order valence-corrected chi connectivity index (χ4v) is 6.92. The molecule has 10 aromatic rings. The number of rotatable bonds is 5. The third-order valence-corrected chi connectivity index (χ3v) is 9.30. The molecule has 7 heteroatoms. The van der Waals surface area contributed by atoms with Gasteiger partial charge in [-0.2, -0.15) is 0 Å². The normalized spacial score (nSPS) is 11.5. The van der Waals surface area contributed by atoms with E-state index in [0.717, 1.165) is 71.5 Å². The highest BCUT2D eigenvalue weighted by atomic mass is 16.3. The minimum absolute atomic E-state index is 0.602. The zero-order valence-electron chi connectivity index (χ0n) is 27.1. The number of furan rings is 1. The lowest BCUT2D eigenvalue weighted by molar-refractivity contribution is 0.667. The average Bonchev–Trinajstić information content (AvgIpc) is 3.60. The number of benzene rings is 6. The molecule has 0 spiro atoms. The number of aromatic nitrogens is 6. The van der Waals surface area contributed by atoms with Crippen LogP contribution < -0.4 is 0 Å². The van der Waals surface area contributed by atoms with Crippen molar-refractivity contribution in [3.05, 3.63) is 158 Å². The van der Waals surface area contributed by atoms with Crippen molar-refractivity contribution in [2.24, 2.45) is 0 Å². The van der Waals surface area contributed by atoms with E-state index in [1.54, 1.807) is 6.33 Å². The van der Waals surface area contributed by atoms with Crippen LogP contribution in [0, 0.1) is 0 Å². The van der Waals surface area contributed by atoms with Gasteiger partial charge < -0.3 is 4.42 Å². The van der Waals surface area contributed by atoms with Crippen molar-refractivity contribution in [2.75, 3.05) is 0 Å². The van der Waals surface area contributed by atoms with Gasteiger partial charge in [0, 0.05) is 33.7 Å². The predicted octanol–water partition coefficient (Wildman–Crippen LogP) is 10.6. The van der Waals surface area contributed by atoms with E-state index in [-0.39, 0.29) is 0 Å². The molecule has 0 saturated carbocycles. The molecule has 0 amide bonds. The molecule has 6 aromatic carbocycles. The van der Waals surface area contributed by atoms with Crippen LogP contribution in [0.3, 0.4) is 0 Å². The fourth-order valence-electron chi connectivity index (χ4n) is 6.92. The van der Waals surface area contributed by atoms with Gasteiger partial charge in [0.25, 0.3) is 0 Å². The van der Waals surface area contributed by atoms with Gasteiger partial charge >= 0.3 is 0 Å². The maximum atomic E-state index is 6.32. The summed E-state index contributed by atoms with van der Waals surface area (Å²) in [6.07, 6.45) is 3.43. The van der Waals surface area contributed by atoms with Gasteiger partial charge in [0.1, 0.15) is 28.8 Å². The molecule has 0 saturated heterocycles. The lowest BCUT2D eigenvalue weighted by Gasteiger charge is -2.15. The first-order valence-corrected chi connectivity index (χ1v) is 16.7. The Bertz CT molecular complexity index is 2870. The number of fused-ring (bicyclic) bond motifs is 5. The Morgan fingerprint density at radius 3 is 1.82 bits per heavy atom. The second kappa shape index (κ2) is 11.8. The minimum atomic E-state index is 0.602. The van der Waals surface area contributed by atoms with E-state index in [9.17, 15) is 0 Å². The summed E-state index contributed by atoms with van der Waals surface area (Å²) in [4.78, 5) is 29.1. The zero-order chi connectivity index (χ0) is 33.7. The fraction of sp³-hybridized carbons (Fsp3) is 0. The highest BCUT2D eigenvalue weighted by Crippen LogP contribution is 2.40. The van der Waals surface area contributed by atoms with Crippen molar-refractivity contribution < 1.29 is 4.42 Å². The molecule has 0 unspecified atom stereocenters. The molecule has 0 bridgehead atoms. The first kappa shape index (κ1) is 28.9. The molecule has 0 aliphatic carbocycles. The third-order valence-electron chi connectivity index (χ3n) is 9.30. The van der Waals surface area contributed by atoms with Crippen LogP contribution in [-0.4, -0.2) is 29.9 Å². The smallest absolute Gasteiger partial charge is 0.181 e. The van der Waals surface area contributed by atoms with Crippen LogP contribution in [0.15, 0.2) is 163 Å². The van der Waals surface area contributed by atoms with Crippen LogP contribution in [0.4, 0.5) is 0 Å². The molecular weight excluding hydrogens is 629 g/mol. The molecular formula is C44H26N6O. The van der Waals surface area contributed by atoms with E-state index < -0.39 is 0 Å². The maximum Gasteiger partial charge on any atom is 0.181 e. The van der Waals surface area contributed by atoms with E-state index in [1.165, 1.54) is 0 Å². The summed E-state index contributed by atoms with van der Waals surface area (Å²) in [5.74, 6) is 1.85. The molecule has 0 aliphatic heterocycles. The molecule has 0 fully saturated rings. The van der Waals surface area contributed by atoms with Crippen LogP contribution >= 0.6 is 0 Å². The summed E-state index contributed by atoms with van der Waals surface area (Å²) in [6.45, 7) is 0. The van der Waals surface area contributed by atoms with Gasteiger partial charge in [-0.15, -0.1) is 0 Å². The van der Waals surface area contributed by atoms with Gasteiger partial charge in [0.2, 0.25) is 0 Å². The van der Waals surface area contributed by atoms with Gasteiger partial charge in [0.05, 0.1) is 0 Å². The number of pyridine rings is 1. The van der Waals surface area contributed by atoms with Crippen molar-refractivity contribution in [1.82, 2.24) is 29.9 Å². The van der Waals surface area contributed by atoms with Gasteiger partial charge in [-0.3, -0.25) is 4.98 Å². The summed E-state index contributed by atoms with van der Waals surface area (Å²) in [5.41, 5.74) is 8.42. The molecule has 0 N–H and O–H groups in total. The summed E-state index contributed by atoms with van der Waals surface area (Å²) >= 11 is 0. The average molecular weight is 655 g/mol. The summed E-state index contributed by atoms with van der Waals surface area (Å²) in [6, 6.07) is 49.2. The second-order valence-corrected chi connectivity index (χ2v) is 12.3. The Labute approximate surface area is 292 Å². The standard InChI is InChI=1S/C44H26N6O/c1-3-12-27(13-4-1)42-48-43(28-14-5-2-6-15-28)50-44(49-42)30-24-29-16-7-8-17-31(29)36(25-30)32-19-11-20-34-33(32)22-23-45-38(34)40-41-39(46-26-47-40)35-18-9-10-21-37(35)51-41/h1-26H. The molecule has 10 rings (SSSR count). The largest absolute Gasteiger partial charge is 0.452 e. The monoisotopic (exact) mass is 654 g/mol. The van der Waals surface area contributed by atoms with Gasteiger partial charge in [-0.1, -0.05) is 115 Å². The summed E-state index contributed by atoms with van der Waals surface area (Å²) < 4.78 is 6.32. The Kier molecular flexibility index (Phi) is 6.67. The molecule has 4 heterocycles. The van der Waals surface area contributed by atoms with Gasteiger partial charge in [0.15, 0.2) is 23.1 Å². The van der Waals surface area contributed by atoms with Crippen molar-refractivity contribution in [2.45, 2.75) is 0 Å². The number of hydrogen-bond donors (Lipinski definition) is 0. The Balaban J connectivity index is 1.20. The Morgan fingerprint density at radius 2 is 1.06 bits per heavy atom. The predicted molar refractivity (Wildman–Crippen MR) is 203 cm³/mol. The maximum absolute atomic E-state index is 6.32.